The summed E-state index contributed by atoms with van der Waals surface area (Å²) >= 11 is 0. The van der Waals surface area contributed by atoms with Crippen LogP contribution in [0.5, 0.6) is 5.75 Å². The van der Waals surface area contributed by atoms with E-state index in [0.717, 1.165) is 27.1 Å². The van der Waals surface area contributed by atoms with Crippen LogP contribution in [0.2, 0.25) is 0 Å². The Bertz CT molecular complexity index is 1320. The molecule has 1 unspecified atom stereocenters. The maximum atomic E-state index is 13.0. The normalized spacial score (nSPS) is 12.0. The van der Waals surface area contributed by atoms with Crippen molar-refractivity contribution in [2.24, 2.45) is 5.41 Å². The van der Waals surface area contributed by atoms with E-state index in [-0.39, 0.29) is 17.8 Å². The average Bonchev–Trinajstić information content (AvgIpc) is 2.80. The number of aromatic nitrogens is 2. The molecule has 0 bridgehead atoms. The van der Waals surface area contributed by atoms with E-state index in [1.54, 1.807) is 26.2 Å². The Morgan fingerprint density at radius 1 is 1.20 bits per heavy atom. The maximum absolute atomic E-state index is 13.0. The van der Waals surface area contributed by atoms with Crippen molar-refractivity contribution >= 4 is 28.7 Å². The van der Waals surface area contributed by atoms with Gasteiger partial charge in [-0.15, -0.1) is 6.42 Å². The smallest absolute Gasteiger partial charge is 0.407 e. The Kier molecular flexibility index (Phi) is 7.30. The van der Waals surface area contributed by atoms with Crippen LogP contribution in [0.15, 0.2) is 36.4 Å². The molecule has 0 spiro atoms. The van der Waals surface area contributed by atoms with Crippen LogP contribution in [-0.2, 0) is 4.79 Å². The largest absolute Gasteiger partial charge is 0.496 e. The molecule has 1 atom stereocenters. The molecule has 3 aromatic rings. The van der Waals surface area contributed by atoms with Crippen LogP contribution in [0.3, 0.4) is 0 Å². The number of methoxy groups -OCH3 is 1. The van der Waals surface area contributed by atoms with E-state index in [0.29, 0.717) is 17.0 Å². The molecule has 0 aliphatic heterocycles. The van der Waals surface area contributed by atoms with E-state index in [1.165, 1.54) is 0 Å². The van der Waals surface area contributed by atoms with E-state index in [4.69, 9.17) is 11.2 Å². The second-order valence-electron chi connectivity index (χ2n) is 9.57. The van der Waals surface area contributed by atoms with Crippen LogP contribution in [-0.4, -0.2) is 51.7 Å². The van der Waals surface area contributed by atoms with Gasteiger partial charge >= 0.3 is 6.09 Å². The van der Waals surface area contributed by atoms with Gasteiger partial charge in [0.25, 0.3) is 0 Å². The number of carbonyl (C=O) groups is 2. The highest BCUT2D eigenvalue weighted by atomic mass is 16.5. The fraction of sp³-hybridized carbons (Fsp3) is 0.333. The fourth-order valence-electron chi connectivity index (χ4n) is 3.82. The first kappa shape index (κ1) is 25.5. The number of hydrogen-bond acceptors (Lipinski definition) is 5. The highest BCUT2D eigenvalue weighted by Crippen LogP contribution is 2.37. The third-order valence-electron chi connectivity index (χ3n) is 5.44. The first-order valence-corrected chi connectivity index (χ1v) is 11.2. The zero-order chi connectivity index (χ0) is 25.9. The molecule has 3 rings (SSSR count). The molecule has 0 aliphatic carbocycles. The molecule has 0 radical (unpaired) electrons. The molecule has 2 amide bonds. The lowest BCUT2D eigenvalue weighted by atomic mass is 9.95. The zero-order valence-corrected chi connectivity index (χ0v) is 20.8. The fourth-order valence-corrected chi connectivity index (χ4v) is 3.82. The summed E-state index contributed by atoms with van der Waals surface area (Å²) in [6.07, 6.45) is 4.49. The van der Waals surface area contributed by atoms with Crippen LogP contribution in [0, 0.1) is 24.7 Å². The summed E-state index contributed by atoms with van der Waals surface area (Å²) in [5, 5.41) is 13.3. The number of carboxylic acid groups (broad SMARTS) is 1. The molecule has 0 aliphatic rings. The molecular weight excluding hydrogens is 444 g/mol. The summed E-state index contributed by atoms with van der Waals surface area (Å²) in [5.74, 6) is 2.85. The second-order valence-corrected chi connectivity index (χ2v) is 9.57. The van der Waals surface area contributed by atoms with Gasteiger partial charge in [0, 0.05) is 23.2 Å². The minimum absolute atomic E-state index is 0.194. The number of rotatable bonds is 6. The molecule has 0 fully saturated rings. The number of anilines is 1. The van der Waals surface area contributed by atoms with E-state index in [1.807, 2.05) is 52.0 Å². The number of pyridine rings is 2. The number of hydrogen-bond donors (Lipinski definition) is 2. The van der Waals surface area contributed by atoms with Gasteiger partial charge in [-0.25, -0.2) is 9.78 Å². The summed E-state index contributed by atoms with van der Waals surface area (Å²) in [6.45, 7) is 9.38. The highest BCUT2D eigenvalue weighted by Gasteiger charge is 2.29. The minimum Gasteiger partial charge on any atom is -0.496 e. The van der Waals surface area contributed by atoms with E-state index in [9.17, 15) is 14.7 Å². The number of fused-ring (bicyclic) bond motifs is 1. The van der Waals surface area contributed by atoms with Crippen molar-refractivity contribution in [2.45, 2.75) is 40.7 Å². The molecule has 35 heavy (non-hydrogen) atoms. The molecular formula is C27H30N4O4. The zero-order valence-electron chi connectivity index (χ0n) is 20.8. The minimum atomic E-state index is -1.17. The van der Waals surface area contributed by atoms with Crippen LogP contribution in [0.4, 0.5) is 10.6 Å². The Labute approximate surface area is 205 Å². The van der Waals surface area contributed by atoms with Gasteiger partial charge in [-0.05, 0) is 55.2 Å². The van der Waals surface area contributed by atoms with Crippen molar-refractivity contribution in [3.63, 3.8) is 0 Å². The molecule has 0 saturated heterocycles. The maximum Gasteiger partial charge on any atom is 0.407 e. The average molecular weight is 475 g/mol. The predicted octanol–water partition coefficient (Wildman–Crippen LogP) is 4.95. The number of carbonyl (C=O) groups excluding carboxylic acids is 1. The van der Waals surface area contributed by atoms with Crippen LogP contribution in [0.25, 0.3) is 22.0 Å². The van der Waals surface area contributed by atoms with Gasteiger partial charge in [0.1, 0.15) is 23.3 Å². The first-order chi connectivity index (χ1) is 16.4. The Balaban J connectivity index is 2.04. The SMILES string of the molecule is C#Cc1cc(-c2c(OC)ccc3nc(C)ccc23)cc(NC(=O)C(C)N(CC(C)(C)C)C(=O)O)n1. The lowest BCUT2D eigenvalue weighted by molar-refractivity contribution is -0.120. The van der Waals surface area contributed by atoms with Crippen molar-refractivity contribution in [2.75, 3.05) is 19.0 Å². The second kappa shape index (κ2) is 10.0. The van der Waals surface area contributed by atoms with Crippen molar-refractivity contribution < 1.29 is 19.4 Å². The molecule has 2 aromatic heterocycles. The van der Waals surface area contributed by atoms with Gasteiger partial charge in [-0.2, -0.15) is 0 Å². The van der Waals surface area contributed by atoms with Crippen molar-refractivity contribution in [3.05, 3.63) is 47.8 Å². The third kappa shape index (κ3) is 5.87. The first-order valence-electron chi connectivity index (χ1n) is 11.2. The number of terminal acetylenes is 1. The molecule has 2 heterocycles. The Hall–Kier alpha value is -4.12. The standard InChI is InChI=1S/C27H30N4O4/c1-8-19-13-18(24-20-10-9-16(2)28-21(20)11-12-22(24)35-7)14-23(29-19)30-25(32)17(3)31(26(33)34)15-27(4,5)6/h1,9-14,17H,15H2,2-7H3,(H,33,34)(H,29,30,32). The Morgan fingerprint density at radius 3 is 2.51 bits per heavy atom. The number of ether oxygens (including phenoxy) is 1. The summed E-state index contributed by atoms with van der Waals surface area (Å²) < 4.78 is 5.62. The lowest BCUT2D eigenvalue weighted by Gasteiger charge is -2.31. The van der Waals surface area contributed by atoms with E-state index < -0.39 is 18.0 Å². The molecule has 182 valence electrons. The lowest BCUT2D eigenvalue weighted by Crippen LogP contribution is -2.48. The van der Waals surface area contributed by atoms with Crippen LogP contribution >= 0.6 is 0 Å². The molecule has 1 aromatic carbocycles. The monoisotopic (exact) mass is 474 g/mol. The van der Waals surface area contributed by atoms with E-state index >= 15 is 0 Å². The molecule has 8 heteroatoms. The molecule has 0 saturated carbocycles. The van der Waals surface area contributed by atoms with Crippen LogP contribution in [0.1, 0.15) is 39.1 Å². The number of aryl methyl sites for hydroxylation is 1. The van der Waals surface area contributed by atoms with Crippen molar-refractivity contribution in [1.82, 2.24) is 14.9 Å². The van der Waals surface area contributed by atoms with Crippen molar-refractivity contribution in [1.29, 1.82) is 0 Å². The number of nitrogens with one attached hydrogen (secondary N) is 1. The summed E-state index contributed by atoms with van der Waals surface area (Å²) in [5.41, 5.74) is 3.12. The summed E-state index contributed by atoms with van der Waals surface area (Å²) in [4.78, 5) is 34.9. The summed E-state index contributed by atoms with van der Waals surface area (Å²) in [7, 11) is 1.58. The van der Waals surface area contributed by atoms with Gasteiger partial charge < -0.3 is 15.2 Å². The van der Waals surface area contributed by atoms with Gasteiger partial charge in [-0.3, -0.25) is 14.7 Å². The third-order valence-corrected chi connectivity index (χ3v) is 5.44. The van der Waals surface area contributed by atoms with Gasteiger partial charge in [0.05, 0.1) is 12.6 Å². The van der Waals surface area contributed by atoms with Gasteiger partial charge in [0.2, 0.25) is 5.91 Å². The van der Waals surface area contributed by atoms with Gasteiger partial charge in [0.15, 0.2) is 0 Å². The number of amides is 2. The van der Waals surface area contributed by atoms with Crippen LogP contribution < -0.4 is 10.1 Å². The van der Waals surface area contributed by atoms with Crippen molar-refractivity contribution in [3.8, 4) is 29.2 Å². The highest BCUT2D eigenvalue weighted by molar-refractivity contribution is 6.00. The molecule has 2 N–H and O–H groups in total. The summed E-state index contributed by atoms with van der Waals surface area (Å²) in [6, 6.07) is 10.1. The predicted molar refractivity (Wildman–Crippen MR) is 136 cm³/mol. The Morgan fingerprint density at radius 2 is 1.91 bits per heavy atom. The number of benzene rings is 1. The van der Waals surface area contributed by atoms with Gasteiger partial charge in [-0.1, -0.05) is 32.8 Å². The van der Waals surface area contributed by atoms with E-state index in [2.05, 4.69) is 21.2 Å². The molecule has 8 nitrogen and oxygen atoms in total. The quantitative estimate of drug-likeness (QED) is 0.490. The topological polar surface area (TPSA) is 105 Å². The number of nitrogens with zero attached hydrogens (tertiary/aromatic N) is 3.